The largest absolute Gasteiger partial charge is 0.378 e. The minimum absolute atomic E-state index is 0.254. The van der Waals surface area contributed by atoms with Crippen LogP contribution < -0.4 is 21.9 Å². The van der Waals surface area contributed by atoms with Crippen molar-refractivity contribution in [1.82, 2.24) is 28.9 Å². The van der Waals surface area contributed by atoms with Crippen LogP contribution in [0.5, 0.6) is 0 Å². The number of anilines is 1. The SMILES string of the molecule is CCCn1c(=O)c2[nH]c(-c3cc(C)n(C(C(N)=O)c4ccc(N(C)C)cc4)n3)nc2n(CCC)c1=O. The summed E-state index contributed by atoms with van der Waals surface area (Å²) < 4.78 is 4.32. The van der Waals surface area contributed by atoms with E-state index in [1.165, 1.54) is 9.13 Å². The number of hydrogen-bond donors (Lipinski definition) is 2. The van der Waals surface area contributed by atoms with Crippen molar-refractivity contribution in [3.63, 3.8) is 0 Å². The molecule has 0 bridgehead atoms. The zero-order valence-electron chi connectivity index (χ0n) is 21.3. The number of nitrogens with one attached hydrogen (secondary N) is 1. The van der Waals surface area contributed by atoms with E-state index in [0.717, 1.165) is 5.69 Å². The molecule has 11 nitrogen and oxygen atoms in total. The monoisotopic (exact) mass is 492 g/mol. The Kier molecular flexibility index (Phi) is 6.82. The maximum Gasteiger partial charge on any atom is 0.332 e. The molecule has 0 spiro atoms. The number of amides is 1. The van der Waals surface area contributed by atoms with Crippen LogP contribution in [0.3, 0.4) is 0 Å². The van der Waals surface area contributed by atoms with Crippen molar-refractivity contribution in [2.75, 3.05) is 19.0 Å². The summed E-state index contributed by atoms with van der Waals surface area (Å²) in [7, 11) is 3.88. The van der Waals surface area contributed by atoms with E-state index < -0.39 is 17.5 Å². The van der Waals surface area contributed by atoms with Crippen molar-refractivity contribution in [2.45, 2.75) is 52.7 Å². The number of carbonyl (C=O) groups excluding carboxylic acids is 1. The summed E-state index contributed by atoms with van der Waals surface area (Å²) in [6.45, 7) is 6.46. The molecule has 1 aromatic carbocycles. The summed E-state index contributed by atoms with van der Waals surface area (Å²) in [5.74, 6) is -0.206. The molecule has 4 rings (SSSR count). The van der Waals surface area contributed by atoms with Crippen molar-refractivity contribution < 1.29 is 4.79 Å². The first kappa shape index (κ1) is 25.0. The normalized spacial score (nSPS) is 12.2. The van der Waals surface area contributed by atoms with E-state index in [9.17, 15) is 14.4 Å². The first-order valence-corrected chi connectivity index (χ1v) is 12.0. The number of hydrogen-bond acceptors (Lipinski definition) is 6. The Morgan fingerprint density at radius 1 is 1.08 bits per heavy atom. The number of aryl methyl sites for hydroxylation is 2. The van der Waals surface area contributed by atoms with Crippen LogP contribution in [0.4, 0.5) is 5.69 Å². The molecule has 1 unspecified atom stereocenters. The third-order valence-corrected chi connectivity index (χ3v) is 6.16. The number of nitrogens with two attached hydrogens (primary N) is 1. The molecule has 0 saturated heterocycles. The Morgan fingerprint density at radius 2 is 1.72 bits per heavy atom. The van der Waals surface area contributed by atoms with Crippen LogP contribution in [-0.2, 0) is 17.9 Å². The first-order valence-electron chi connectivity index (χ1n) is 12.0. The van der Waals surface area contributed by atoms with Gasteiger partial charge in [-0.25, -0.2) is 9.78 Å². The molecule has 0 radical (unpaired) electrons. The Hall–Kier alpha value is -4.15. The van der Waals surface area contributed by atoms with Crippen molar-refractivity contribution in [3.8, 4) is 11.5 Å². The fourth-order valence-corrected chi connectivity index (χ4v) is 4.38. The van der Waals surface area contributed by atoms with E-state index in [-0.39, 0.29) is 11.2 Å². The number of imidazole rings is 1. The summed E-state index contributed by atoms with van der Waals surface area (Å²) >= 11 is 0. The van der Waals surface area contributed by atoms with Crippen LogP contribution in [-0.4, -0.2) is 48.9 Å². The van der Waals surface area contributed by atoms with E-state index >= 15 is 0 Å². The van der Waals surface area contributed by atoms with Gasteiger partial charge in [0.05, 0.1) is 0 Å². The van der Waals surface area contributed by atoms with Gasteiger partial charge in [0.1, 0.15) is 11.2 Å². The summed E-state index contributed by atoms with van der Waals surface area (Å²) in [6.07, 6.45) is 1.36. The Morgan fingerprint density at radius 3 is 2.31 bits per heavy atom. The highest BCUT2D eigenvalue weighted by molar-refractivity contribution is 5.82. The van der Waals surface area contributed by atoms with Crippen LogP contribution in [0, 0.1) is 6.92 Å². The fourth-order valence-electron chi connectivity index (χ4n) is 4.38. The number of rotatable bonds is 9. The number of aromatic nitrogens is 6. The molecular formula is C25H32N8O3. The zero-order chi connectivity index (χ0) is 26.1. The van der Waals surface area contributed by atoms with Gasteiger partial charge in [-0.15, -0.1) is 0 Å². The zero-order valence-corrected chi connectivity index (χ0v) is 21.3. The lowest BCUT2D eigenvalue weighted by Crippen LogP contribution is -2.40. The number of H-pyrrole nitrogens is 1. The molecule has 3 N–H and O–H groups in total. The standard InChI is InChI=1S/C25H32N8O3/c1-6-12-31-23-19(24(35)32(13-7-2)25(31)36)27-22(28-23)18-14-15(3)33(29-18)20(21(26)34)16-8-10-17(11-9-16)30(4)5/h8-11,14,20H,6-7,12-13H2,1-5H3,(H2,26,34)(H,27,28). The molecular weight excluding hydrogens is 460 g/mol. The molecule has 36 heavy (non-hydrogen) atoms. The van der Waals surface area contributed by atoms with Crippen molar-refractivity contribution in [2.24, 2.45) is 5.73 Å². The highest BCUT2D eigenvalue weighted by Crippen LogP contribution is 2.26. The van der Waals surface area contributed by atoms with Gasteiger partial charge in [-0.2, -0.15) is 5.10 Å². The van der Waals surface area contributed by atoms with Crippen LogP contribution in [0.15, 0.2) is 39.9 Å². The molecule has 0 aliphatic carbocycles. The summed E-state index contributed by atoms with van der Waals surface area (Å²) in [5, 5.41) is 4.63. The predicted molar refractivity (Wildman–Crippen MR) is 139 cm³/mol. The molecule has 11 heteroatoms. The summed E-state index contributed by atoms with van der Waals surface area (Å²) in [4.78, 5) is 48.2. The smallest absolute Gasteiger partial charge is 0.332 e. The Labute approximate surface area is 208 Å². The number of primary amides is 1. The molecule has 1 atom stereocenters. The van der Waals surface area contributed by atoms with Gasteiger partial charge < -0.3 is 15.6 Å². The van der Waals surface area contributed by atoms with Gasteiger partial charge in [0.2, 0.25) is 5.91 Å². The summed E-state index contributed by atoms with van der Waals surface area (Å²) in [5.41, 5.74) is 8.41. The third kappa shape index (κ3) is 4.32. The second-order valence-corrected chi connectivity index (χ2v) is 9.08. The van der Waals surface area contributed by atoms with E-state index in [0.29, 0.717) is 54.4 Å². The van der Waals surface area contributed by atoms with Crippen molar-refractivity contribution >= 4 is 22.8 Å². The minimum atomic E-state index is -0.820. The van der Waals surface area contributed by atoms with Gasteiger partial charge in [0.25, 0.3) is 5.56 Å². The van der Waals surface area contributed by atoms with E-state index in [4.69, 9.17) is 5.73 Å². The second-order valence-electron chi connectivity index (χ2n) is 9.08. The van der Waals surface area contributed by atoms with Gasteiger partial charge in [0.15, 0.2) is 17.5 Å². The molecule has 190 valence electrons. The third-order valence-electron chi connectivity index (χ3n) is 6.16. The summed E-state index contributed by atoms with van der Waals surface area (Å²) in [6, 6.07) is 8.49. The molecule has 3 aromatic heterocycles. The molecule has 0 aliphatic rings. The van der Waals surface area contributed by atoms with Gasteiger partial charge in [0, 0.05) is 38.6 Å². The van der Waals surface area contributed by atoms with Gasteiger partial charge in [-0.1, -0.05) is 26.0 Å². The van der Waals surface area contributed by atoms with Gasteiger partial charge in [-0.05, 0) is 43.5 Å². The van der Waals surface area contributed by atoms with E-state index in [2.05, 4.69) is 15.1 Å². The molecule has 1 amide bonds. The lowest BCUT2D eigenvalue weighted by atomic mass is 10.1. The predicted octanol–water partition coefficient (Wildman–Crippen LogP) is 2.02. The quantitative estimate of drug-likeness (QED) is 0.367. The van der Waals surface area contributed by atoms with Gasteiger partial charge in [-0.3, -0.25) is 23.4 Å². The lowest BCUT2D eigenvalue weighted by Gasteiger charge is -2.18. The number of carbonyl (C=O) groups is 1. The van der Waals surface area contributed by atoms with Crippen LogP contribution >= 0.6 is 0 Å². The average Bonchev–Trinajstić information content (AvgIpc) is 3.44. The molecule has 3 heterocycles. The second kappa shape index (κ2) is 9.84. The van der Waals surface area contributed by atoms with Crippen LogP contribution in [0.25, 0.3) is 22.7 Å². The fraction of sp³-hybridized carbons (Fsp3) is 0.400. The number of fused-ring (bicyclic) bond motifs is 1. The molecule has 0 saturated carbocycles. The molecule has 0 aliphatic heterocycles. The number of benzene rings is 1. The molecule has 4 aromatic rings. The maximum absolute atomic E-state index is 13.1. The maximum atomic E-state index is 13.1. The van der Waals surface area contributed by atoms with Gasteiger partial charge >= 0.3 is 5.69 Å². The number of nitrogens with zero attached hydrogens (tertiary/aromatic N) is 6. The van der Waals surface area contributed by atoms with Crippen LogP contribution in [0.2, 0.25) is 0 Å². The van der Waals surface area contributed by atoms with E-state index in [1.807, 2.05) is 64.0 Å². The van der Waals surface area contributed by atoms with Crippen LogP contribution in [0.1, 0.15) is 44.0 Å². The Bertz CT molecular complexity index is 1520. The van der Waals surface area contributed by atoms with Crippen molar-refractivity contribution in [1.29, 1.82) is 0 Å². The van der Waals surface area contributed by atoms with Crippen molar-refractivity contribution in [3.05, 3.63) is 62.4 Å². The lowest BCUT2D eigenvalue weighted by molar-refractivity contribution is -0.120. The average molecular weight is 493 g/mol. The van der Waals surface area contributed by atoms with E-state index in [1.54, 1.807) is 10.7 Å². The molecule has 0 fully saturated rings. The number of aromatic amines is 1. The first-order chi connectivity index (χ1) is 17.2. The Balaban J connectivity index is 1.83. The topological polar surface area (TPSA) is 137 Å². The highest BCUT2D eigenvalue weighted by Gasteiger charge is 2.25. The highest BCUT2D eigenvalue weighted by atomic mass is 16.2. The minimum Gasteiger partial charge on any atom is -0.378 e.